The summed E-state index contributed by atoms with van der Waals surface area (Å²) in [5, 5.41) is 2.44. The van der Waals surface area contributed by atoms with Crippen molar-refractivity contribution in [1.82, 2.24) is 4.98 Å². The maximum atomic E-state index is 13.1. The van der Waals surface area contributed by atoms with Gasteiger partial charge >= 0.3 is 6.18 Å². The number of nitrogens with zero attached hydrogens (tertiary/aromatic N) is 1. The van der Waals surface area contributed by atoms with Crippen molar-refractivity contribution in [3.05, 3.63) is 59.2 Å². The Bertz CT molecular complexity index is 739. The van der Waals surface area contributed by atoms with E-state index in [0.29, 0.717) is 17.4 Å². The maximum absolute atomic E-state index is 13.1. The SMILES string of the molecule is CCCCCCC.Cc1cc(NC(=O)c2ccc(C(F)(F)F)cn2)ccc1F. The minimum atomic E-state index is -4.50. The summed E-state index contributed by atoms with van der Waals surface area (Å²) in [6.07, 6.45) is 3.09. The van der Waals surface area contributed by atoms with Gasteiger partial charge in [0, 0.05) is 11.9 Å². The van der Waals surface area contributed by atoms with Crippen molar-refractivity contribution in [3.63, 3.8) is 0 Å². The van der Waals surface area contributed by atoms with Crippen LogP contribution in [0.3, 0.4) is 0 Å². The molecule has 0 unspecified atom stereocenters. The smallest absolute Gasteiger partial charge is 0.321 e. The van der Waals surface area contributed by atoms with Crippen molar-refractivity contribution >= 4 is 11.6 Å². The van der Waals surface area contributed by atoms with Crippen LogP contribution in [-0.2, 0) is 6.18 Å². The number of rotatable bonds is 6. The molecule has 1 N–H and O–H groups in total. The number of hydrogen-bond acceptors (Lipinski definition) is 2. The van der Waals surface area contributed by atoms with E-state index in [-0.39, 0.29) is 5.69 Å². The van der Waals surface area contributed by atoms with Gasteiger partial charge in [-0.15, -0.1) is 0 Å². The zero-order valence-corrected chi connectivity index (χ0v) is 16.4. The standard InChI is InChI=1S/C14H10F4N2O.C7H16/c1-8-6-10(3-4-11(8)15)20-13(21)12-5-2-9(7-19-12)14(16,17)18;1-3-5-7-6-4-2/h2-7H,1H3,(H,20,21);3-7H2,1-2H3. The highest BCUT2D eigenvalue weighted by molar-refractivity contribution is 6.02. The zero-order valence-electron chi connectivity index (χ0n) is 16.4. The molecule has 28 heavy (non-hydrogen) atoms. The van der Waals surface area contributed by atoms with Crippen molar-refractivity contribution in [2.45, 2.75) is 59.1 Å². The van der Waals surface area contributed by atoms with Gasteiger partial charge in [-0.1, -0.05) is 46.0 Å². The van der Waals surface area contributed by atoms with Crippen LogP contribution < -0.4 is 5.32 Å². The molecule has 0 aliphatic rings. The number of benzene rings is 1. The normalized spacial score (nSPS) is 10.8. The molecule has 1 amide bonds. The Kier molecular flexibility index (Phi) is 9.62. The summed E-state index contributed by atoms with van der Waals surface area (Å²) in [4.78, 5) is 15.3. The number of alkyl halides is 3. The Hall–Kier alpha value is -2.44. The van der Waals surface area contributed by atoms with Gasteiger partial charge in [-0.05, 0) is 42.8 Å². The average molecular weight is 398 g/mol. The number of anilines is 1. The molecule has 2 rings (SSSR count). The zero-order chi connectivity index (χ0) is 21.2. The molecule has 0 aliphatic heterocycles. The van der Waals surface area contributed by atoms with E-state index < -0.39 is 23.5 Å². The molecule has 1 heterocycles. The van der Waals surface area contributed by atoms with Crippen LogP contribution in [-0.4, -0.2) is 10.9 Å². The van der Waals surface area contributed by atoms with Gasteiger partial charge in [0.15, 0.2) is 0 Å². The molecule has 154 valence electrons. The number of unbranched alkanes of at least 4 members (excludes halogenated alkanes) is 4. The number of aromatic nitrogens is 1. The van der Waals surface area contributed by atoms with E-state index >= 15 is 0 Å². The maximum Gasteiger partial charge on any atom is 0.417 e. The highest BCUT2D eigenvalue weighted by Gasteiger charge is 2.30. The van der Waals surface area contributed by atoms with Crippen LogP contribution in [0.5, 0.6) is 0 Å². The second-order valence-corrected chi connectivity index (χ2v) is 6.41. The molecule has 7 heteroatoms. The van der Waals surface area contributed by atoms with Crippen molar-refractivity contribution in [2.75, 3.05) is 5.32 Å². The van der Waals surface area contributed by atoms with Crippen LogP contribution >= 0.6 is 0 Å². The van der Waals surface area contributed by atoms with Crippen LogP contribution in [0.25, 0.3) is 0 Å². The number of halogens is 4. The van der Waals surface area contributed by atoms with Crippen molar-refractivity contribution in [1.29, 1.82) is 0 Å². The van der Waals surface area contributed by atoms with Gasteiger partial charge in [0.05, 0.1) is 5.56 Å². The molecule has 1 aromatic carbocycles. The van der Waals surface area contributed by atoms with Gasteiger partial charge in [0.1, 0.15) is 11.5 Å². The van der Waals surface area contributed by atoms with Gasteiger partial charge < -0.3 is 5.32 Å². The van der Waals surface area contributed by atoms with Gasteiger partial charge in [-0.3, -0.25) is 9.78 Å². The summed E-state index contributed by atoms with van der Waals surface area (Å²) in [5.74, 6) is -1.09. The lowest BCUT2D eigenvalue weighted by Gasteiger charge is -2.08. The summed E-state index contributed by atoms with van der Waals surface area (Å²) in [6.45, 7) is 6.02. The molecule has 0 fully saturated rings. The summed E-state index contributed by atoms with van der Waals surface area (Å²) >= 11 is 0. The minimum Gasteiger partial charge on any atom is -0.321 e. The average Bonchev–Trinajstić information content (AvgIpc) is 2.65. The summed E-state index contributed by atoms with van der Waals surface area (Å²) < 4.78 is 50.2. The quantitative estimate of drug-likeness (QED) is 0.431. The van der Waals surface area contributed by atoms with E-state index in [9.17, 15) is 22.4 Å². The first-order chi connectivity index (χ1) is 13.2. The minimum absolute atomic E-state index is 0.162. The van der Waals surface area contributed by atoms with Crippen LogP contribution in [0.1, 0.15) is 67.6 Å². The van der Waals surface area contributed by atoms with Crippen molar-refractivity contribution < 1.29 is 22.4 Å². The van der Waals surface area contributed by atoms with Crippen LogP contribution in [0.4, 0.5) is 23.2 Å². The van der Waals surface area contributed by atoms with E-state index in [2.05, 4.69) is 24.1 Å². The second-order valence-electron chi connectivity index (χ2n) is 6.41. The number of carbonyl (C=O) groups is 1. The predicted octanol–water partition coefficient (Wildman–Crippen LogP) is 6.78. The molecule has 0 atom stereocenters. The fourth-order valence-corrected chi connectivity index (χ4v) is 2.29. The Balaban J connectivity index is 0.000000480. The Labute approximate surface area is 163 Å². The van der Waals surface area contributed by atoms with Crippen molar-refractivity contribution in [2.24, 2.45) is 0 Å². The molecule has 0 saturated carbocycles. The lowest BCUT2D eigenvalue weighted by molar-refractivity contribution is -0.137. The number of hydrogen-bond donors (Lipinski definition) is 1. The third kappa shape index (κ3) is 8.06. The van der Waals surface area contributed by atoms with E-state index in [1.54, 1.807) is 0 Å². The monoisotopic (exact) mass is 398 g/mol. The Morgan fingerprint density at radius 2 is 1.68 bits per heavy atom. The summed E-state index contributed by atoms with van der Waals surface area (Å²) in [6, 6.07) is 5.71. The molecule has 2 aromatic rings. The fraction of sp³-hybridized carbons (Fsp3) is 0.429. The lowest BCUT2D eigenvalue weighted by atomic mass is 10.2. The molecule has 3 nitrogen and oxygen atoms in total. The predicted molar refractivity (Wildman–Crippen MR) is 103 cm³/mol. The Morgan fingerprint density at radius 3 is 2.14 bits per heavy atom. The molecule has 0 saturated heterocycles. The number of amides is 1. The lowest BCUT2D eigenvalue weighted by Crippen LogP contribution is -2.15. The van der Waals surface area contributed by atoms with Gasteiger partial charge in [0.2, 0.25) is 0 Å². The van der Waals surface area contributed by atoms with E-state index in [4.69, 9.17) is 0 Å². The molecule has 0 spiro atoms. The molecular formula is C21H26F4N2O. The van der Waals surface area contributed by atoms with Gasteiger partial charge in [0.25, 0.3) is 5.91 Å². The number of aryl methyl sites for hydroxylation is 1. The third-order valence-corrected chi connectivity index (χ3v) is 3.95. The van der Waals surface area contributed by atoms with Gasteiger partial charge in [-0.2, -0.15) is 13.2 Å². The summed E-state index contributed by atoms with van der Waals surface area (Å²) in [5.41, 5.74) is -0.421. The molecular weight excluding hydrogens is 372 g/mol. The fourth-order valence-electron chi connectivity index (χ4n) is 2.29. The second kappa shape index (κ2) is 11.4. The number of nitrogens with one attached hydrogen (secondary N) is 1. The van der Waals surface area contributed by atoms with Crippen LogP contribution in [0.15, 0.2) is 36.5 Å². The highest BCUT2D eigenvalue weighted by Crippen LogP contribution is 2.28. The highest BCUT2D eigenvalue weighted by atomic mass is 19.4. The largest absolute Gasteiger partial charge is 0.417 e. The topological polar surface area (TPSA) is 42.0 Å². The third-order valence-electron chi connectivity index (χ3n) is 3.95. The van der Waals surface area contributed by atoms with E-state index in [0.717, 1.165) is 12.1 Å². The summed E-state index contributed by atoms with van der Waals surface area (Å²) in [7, 11) is 0. The molecule has 0 aliphatic carbocycles. The van der Waals surface area contributed by atoms with Crippen LogP contribution in [0.2, 0.25) is 0 Å². The first kappa shape index (κ1) is 23.6. The number of pyridine rings is 1. The first-order valence-corrected chi connectivity index (χ1v) is 9.29. The van der Waals surface area contributed by atoms with E-state index in [1.807, 2.05) is 0 Å². The van der Waals surface area contributed by atoms with Crippen molar-refractivity contribution in [3.8, 4) is 0 Å². The van der Waals surface area contributed by atoms with Gasteiger partial charge in [-0.25, -0.2) is 4.39 Å². The first-order valence-electron chi connectivity index (χ1n) is 9.29. The van der Waals surface area contributed by atoms with E-state index in [1.165, 1.54) is 57.2 Å². The molecule has 0 radical (unpaired) electrons. The molecule has 0 bridgehead atoms. The Morgan fingerprint density at radius 1 is 1.04 bits per heavy atom. The number of carbonyl (C=O) groups excluding carboxylic acids is 1. The van der Waals surface area contributed by atoms with Crippen LogP contribution in [0, 0.1) is 12.7 Å². The molecule has 1 aromatic heterocycles.